The van der Waals surface area contributed by atoms with Crippen LogP contribution >= 0.6 is 0 Å². The average Bonchev–Trinajstić information content (AvgIpc) is 2.86. The molecule has 3 N–H and O–H groups in total. The van der Waals surface area contributed by atoms with Crippen molar-refractivity contribution in [3.8, 4) is 5.75 Å². The molecule has 0 saturated carbocycles. The van der Waals surface area contributed by atoms with Crippen LogP contribution in [-0.2, 0) is 4.79 Å². The van der Waals surface area contributed by atoms with Crippen LogP contribution in [0.3, 0.4) is 0 Å². The molecule has 5 heteroatoms. The molecule has 1 heterocycles. The van der Waals surface area contributed by atoms with Crippen molar-refractivity contribution in [3.63, 3.8) is 0 Å². The minimum absolute atomic E-state index is 0.00549. The number of methoxy groups -OCH3 is 1. The van der Waals surface area contributed by atoms with Crippen molar-refractivity contribution in [1.29, 1.82) is 0 Å². The van der Waals surface area contributed by atoms with Gasteiger partial charge in [0.05, 0.1) is 13.7 Å². The van der Waals surface area contributed by atoms with Gasteiger partial charge in [0.15, 0.2) is 0 Å². The van der Waals surface area contributed by atoms with E-state index in [-0.39, 0.29) is 5.91 Å². The van der Waals surface area contributed by atoms with Crippen molar-refractivity contribution in [3.05, 3.63) is 24.3 Å². The molecule has 1 saturated heterocycles. The second-order valence-electron chi connectivity index (χ2n) is 4.91. The van der Waals surface area contributed by atoms with Gasteiger partial charge in [-0.15, -0.1) is 0 Å². The third kappa shape index (κ3) is 3.94. The first-order valence-electron chi connectivity index (χ1n) is 6.57. The highest BCUT2D eigenvalue weighted by molar-refractivity contribution is 5.92. The molecular weight excluding hydrogens is 242 g/mol. The highest BCUT2D eigenvalue weighted by atomic mass is 16.5. The fraction of sp³-hybridized carbons (Fsp3) is 0.500. The number of nitrogens with two attached hydrogens (primary N) is 1. The van der Waals surface area contributed by atoms with Crippen LogP contribution in [0.5, 0.6) is 5.75 Å². The van der Waals surface area contributed by atoms with E-state index in [2.05, 4.69) is 10.2 Å². The lowest BCUT2D eigenvalue weighted by atomic mass is 10.1. The zero-order chi connectivity index (χ0) is 13.7. The number of rotatable bonds is 5. The molecule has 1 aromatic carbocycles. The number of carbonyl (C=O) groups excluding carboxylic acids is 1. The van der Waals surface area contributed by atoms with Gasteiger partial charge in [-0.2, -0.15) is 0 Å². The van der Waals surface area contributed by atoms with E-state index in [9.17, 15) is 4.79 Å². The molecule has 2 rings (SSSR count). The van der Waals surface area contributed by atoms with Crippen LogP contribution in [0.25, 0.3) is 0 Å². The zero-order valence-corrected chi connectivity index (χ0v) is 11.3. The predicted molar refractivity (Wildman–Crippen MR) is 75.2 cm³/mol. The van der Waals surface area contributed by atoms with Crippen LogP contribution in [0, 0.1) is 5.92 Å². The number of hydrogen-bond acceptors (Lipinski definition) is 4. The third-order valence-corrected chi connectivity index (χ3v) is 3.42. The summed E-state index contributed by atoms with van der Waals surface area (Å²) in [5.74, 6) is 1.28. The third-order valence-electron chi connectivity index (χ3n) is 3.42. The number of amides is 1. The number of nitrogens with one attached hydrogen (secondary N) is 1. The summed E-state index contributed by atoms with van der Waals surface area (Å²) in [4.78, 5) is 14.1. The molecule has 1 amide bonds. The summed E-state index contributed by atoms with van der Waals surface area (Å²) in [5, 5.41) is 2.88. The largest absolute Gasteiger partial charge is 0.497 e. The number of anilines is 1. The summed E-state index contributed by atoms with van der Waals surface area (Å²) in [7, 11) is 1.61. The fourth-order valence-corrected chi connectivity index (χ4v) is 2.35. The molecule has 1 unspecified atom stereocenters. The van der Waals surface area contributed by atoms with Crippen LogP contribution in [-0.4, -0.2) is 44.1 Å². The Morgan fingerprint density at radius 3 is 3.11 bits per heavy atom. The normalized spacial score (nSPS) is 19.4. The lowest BCUT2D eigenvalue weighted by Gasteiger charge is -2.15. The van der Waals surface area contributed by atoms with E-state index in [1.165, 1.54) is 0 Å². The van der Waals surface area contributed by atoms with Crippen molar-refractivity contribution >= 4 is 11.6 Å². The van der Waals surface area contributed by atoms with E-state index in [0.29, 0.717) is 19.0 Å². The predicted octanol–water partition coefficient (Wildman–Crippen LogP) is 0.914. The van der Waals surface area contributed by atoms with Crippen molar-refractivity contribution in [2.45, 2.75) is 6.42 Å². The zero-order valence-electron chi connectivity index (χ0n) is 11.3. The van der Waals surface area contributed by atoms with Gasteiger partial charge in [-0.05, 0) is 37.6 Å². The molecule has 0 aliphatic carbocycles. The van der Waals surface area contributed by atoms with Gasteiger partial charge in [0.25, 0.3) is 0 Å². The topological polar surface area (TPSA) is 67.6 Å². The summed E-state index contributed by atoms with van der Waals surface area (Å²) >= 11 is 0. The van der Waals surface area contributed by atoms with Crippen molar-refractivity contribution in [2.75, 3.05) is 38.6 Å². The smallest absolute Gasteiger partial charge is 0.238 e. The highest BCUT2D eigenvalue weighted by Crippen LogP contribution is 2.17. The lowest BCUT2D eigenvalue weighted by molar-refractivity contribution is -0.117. The van der Waals surface area contributed by atoms with E-state index in [0.717, 1.165) is 30.9 Å². The Bertz CT molecular complexity index is 436. The molecule has 0 radical (unpaired) electrons. The van der Waals surface area contributed by atoms with Crippen molar-refractivity contribution in [2.24, 2.45) is 11.7 Å². The van der Waals surface area contributed by atoms with Gasteiger partial charge in [-0.25, -0.2) is 0 Å². The number of hydrogen-bond donors (Lipinski definition) is 2. The molecule has 1 atom stereocenters. The standard InChI is InChI=1S/C14H21N3O2/c1-19-13-4-2-3-12(7-13)16-14(18)10-17-6-5-11(8-15)9-17/h2-4,7,11H,5-6,8-10,15H2,1H3,(H,16,18). The van der Waals surface area contributed by atoms with Crippen LogP contribution in [0.15, 0.2) is 24.3 Å². The molecule has 1 aliphatic heterocycles. The van der Waals surface area contributed by atoms with Crippen molar-refractivity contribution in [1.82, 2.24) is 4.90 Å². The molecule has 0 spiro atoms. The van der Waals surface area contributed by atoms with Gasteiger partial charge < -0.3 is 15.8 Å². The summed E-state index contributed by atoms with van der Waals surface area (Å²) in [6.07, 6.45) is 1.09. The van der Waals surface area contributed by atoms with E-state index in [1.54, 1.807) is 7.11 Å². The maximum atomic E-state index is 11.9. The summed E-state index contributed by atoms with van der Waals surface area (Å²) in [5.41, 5.74) is 6.40. The molecule has 5 nitrogen and oxygen atoms in total. The van der Waals surface area contributed by atoms with E-state index in [1.807, 2.05) is 24.3 Å². The Balaban J connectivity index is 1.84. The van der Waals surface area contributed by atoms with Crippen LogP contribution in [0.1, 0.15) is 6.42 Å². The number of ether oxygens (including phenoxy) is 1. The van der Waals surface area contributed by atoms with Gasteiger partial charge >= 0.3 is 0 Å². The number of likely N-dealkylation sites (tertiary alicyclic amines) is 1. The molecule has 104 valence electrons. The quantitative estimate of drug-likeness (QED) is 0.829. The summed E-state index contributed by atoms with van der Waals surface area (Å²) < 4.78 is 5.12. The van der Waals surface area contributed by atoms with E-state index in [4.69, 9.17) is 10.5 Å². The Morgan fingerprint density at radius 2 is 2.42 bits per heavy atom. The lowest BCUT2D eigenvalue weighted by Crippen LogP contribution is -2.32. The minimum atomic E-state index is 0.00549. The average molecular weight is 263 g/mol. The first-order valence-corrected chi connectivity index (χ1v) is 6.57. The Labute approximate surface area is 113 Å². The Kier molecular flexibility index (Phi) is 4.76. The SMILES string of the molecule is COc1cccc(NC(=O)CN2CCC(CN)C2)c1. The van der Waals surface area contributed by atoms with Gasteiger partial charge in [0.2, 0.25) is 5.91 Å². The van der Waals surface area contributed by atoms with E-state index < -0.39 is 0 Å². The molecule has 19 heavy (non-hydrogen) atoms. The molecule has 1 aliphatic rings. The maximum Gasteiger partial charge on any atom is 0.238 e. The van der Waals surface area contributed by atoms with Gasteiger partial charge in [-0.3, -0.25) is 9.69 Å². The Morgan fingerprint density at radius 1 is 1.58 bits per heavy atom. The van der Waals surface area contributed by atoms with E-state index >= 15 is 0 Å². The highest BCUT2D eigenvalue weighted by Gasteiger charge is 2.22. The Hall–Kier alpha value is -1.59. The summed E-state index contributed by atoms with van der Waals surface area (Å²) in [6.45, 7) is 3.00. The van der Waals surface area contributed by atoms with Gasteiger partial charge in [0, 0.05) is 18.3 Å². The maximum absolute atomic E-state index is 11.9. The van der Waals surface area contributed by atoms with Crippen molar-refractivity contribution < 1.29 is 9.53 Å². The minimum Gasteiger partial charge on any atom is -0.497 e. The second-order valence-corrected chi connectivity index (χ2v) is 4.91. The molecule has 0 aromatic heterocycles. The van der Waals surface area contributed by atoms with Gasteiger partial charge in [0.1, 0.15) is 5.75 Å². The van der Waals surface area contributed by atoms with Crippen LogP contribution < -0.4 is 15.8 Å². The fourth-order valence-electron chi connectivity index (χ4n) is 2.35. The number of nitrogens with zero attached hydrogens (tertiary/aromatic N) is 1. The first kappa shape index (κ1) is 13.8. The van der Waals surface area contributed by atoms with Crippen LogP contribution in [0.2, 0.25) is 0 Å². The number of benzene rings is 1. The van der Waals surface area contributed by atoms with Gasteiger partial charge in [-0.1, -0.05) is 6.07 Å². The molecule has 1 fully saturated rings. The molecule has 1 aromatic rings. The van der Waals surface area contributed by atoms with Crippen LogP contribution in [0.4, 0.5) is 5.69 Å². The first-order chi connectivity index (χ1) is 9.21. The second kappa shape index (κ2) is 6.54. The number of carbonyl (C=O) groups is 1. The summed E-state index contributed by atoms with van der Waals surface area (Å²) in [6, 6.07) is 7.37. The molecular formula is C14H21N3O2. The molecule has 0 bridgehead atoms. The monoisotopic (exact) mass is 263 g/mol.